The first-order chi connectivity index (χ1) is 13.5. The second-order valence-electron chi connectivity index (χ2n) is 6.07. The number of ether oxygens (including phenoxy) is 1. The maximum Gasteiger partial charge on any atom is 0.286 e. The predicted molar refractivity (Wildman–Crippen MR) is 106 cm³/mol. The Morgan fingerprint density at radius 2 is 1.93 bits per heavy atom. The van der Waals surface area contributed by atoms with E-state index in [-0.39, 0.29) is 23.5 Å². The summed E-state index contributed by atoms with van der Waals surface area (Å²) in [7, 11) is 0. The maximum absolute atomic E-state index is 12.3. The van der Waals surface area contributed by atoms with E-state index < -0.39 is 5.25 Å². The van der Waals surface area contributed by atoms with Crippen molar-refractivity contribution in [1.29, 1.82) is 0 Å². The lowest BCUT2D eigenvalue weighted by Crippen LogP contribution is -2.25. The second-order valence-corrected chi connectivity index (χ2v) is 7.25. The van der Waals surface area contributed by atoms with E-state index in [2.05, 4.69) is 10.8 Å². The fraction of sp³-hybridized carbons (Fsp3) is 0.250. The van der Waals surface area contributed by atoms with Crippen molar-refractivity contribution in [1.82, 2.24) is 10.8 Å². The third-order valence-electron chi connectivity index (χ3n) is 3.97. The summed E-state index contributed by atoms with van der Waals surface area (Å²) in [6, 6.07) is 14.0. The van der Waals surface area contributed by atoms with Crippen LogP contribution in [0.25, 0.3) is 0 Å². The molecule has 1 saturated heterocycles. The number of hydrogen-bond donors (Lipinski definition) is 2. The number of hydroxylamine groups is 1. The predicted octanol–water partition coefficient (Wildman–Crippen LogP) is 2.75. The summed E-state index contributed by atoms with van der Waals surface area (Å²) in [5, 5.41) is 1.56. The van der Waals surface area contributed by atoms with Crippen LogP contribution in [0.3, 0.4) is 0 Å². The number of rotatable bonds is 9. The molecule has 7 nitrogen and oxygen atoms in total. The van der Waals surface area contributed by atoms with Gasteiger partial charge in [-0.2, -0.15) is 5.48 Å². The van der Waals surface area contributed by atoms with E-state index in [1.807, 2.05) is 19.1 Å². The number of thioether (sulfide) groups is 1. The topological polar surface area (TPSA) is 93.7 Å². The van der Waals surface area contributed by atoms with Gasteiger partial charge in [-0.3, -0.25) is 19.7 Å². The highest BCUT2D eigenvalue weighted by molar-refractivity contribution is 8.15. The summed E-state index contributed by atoms with van der Waals surface area (Å²) in [5.41, 5.74) is 4.15. The normalized spacial score (nSPS) is 16.0. The third-order valence-corrected chi connectivity index (χ3v) is 4.95. The van der Waals surface area contributed by atoms with Crippen molar-refractivity contribution >= 4 is 28.7 Å². The minimum atomic E-state index is -0.405. The zero-order valence-electron chi connectivity index (χ0n) is 15.3. The number of hydrogen-bond acceptors (Lipinski definition) is 7. The molecule has 2 amide bonds. The van der Waals surface area contributed by atoms with Gasteiger partial charge in [0.15, 0.2) is 12.4 Å². The molecule has 0 spiro atoms. The van der Waals surface area contributed by atoms with Gasteiger partial charge >= 0.3 is 0 Å². The first-order valence-electron chi connectivity index (χ1n) is 8.81. The molecule has 0 saturated carbocycles. The maximum atomic E-state index is 12.3. The molecule has 1 fully saturated rings. The highest BCUT2D eigenvalue weighted by Gasteiger charge is 2.31. The Balaban J connectivity index is 1.52. The molecule has 146 valence electrons. The number of benzene rings is 2. The van der Waals surface area contributed by atoms with Crippen LogP contribution >= 0.6 is 11.8 Å². The average Bonchev–Trinajstić information content (AvgIpc) is 3.02. The molecule has 28 heavy (non-hydrogen) atoms. The van der Waals surface area contributed by atoms with E-state index in [1.165, 1.54) is 0 Å². The summed E-state index contributed by atoms with van der Waals surface area (Å²) in [5.74, 6) is 0.686. The summed E-state index contributed by atoms with van der Waals surface area (Å²) in [6.45, 7) is 2.46. The molecular weight excluding hydrogens is 380 g/mol. The lowest BCUT2D eigenvalue weighted by molar-refractivity contribution is -0.118. The van der Waals surface area contributed by atoms with Gasteiger partial charge in [-0.05, 0) is 43.2 Å². The van der Waals surface area contributed by atoms with E-state index in [0.29, 0.717) is 30.0 Å². The molecule has 3 rings (SSSR count). The molecule has 2 N–H and O–H groups in total. The van der Waals surface area contributed by atoms with Gasteiger partial charge in [0.2, 0.25) is 5.91 Å². The van der Waals surface area contributed by atoms with Crippen molar-refractivity contribution in [3.63, 3.8) is 0 Å². The van der Waals surface area contributed by atoms with Crippen molar-refractivity contribution in [2.45, 2.75) is 18.6 Å². The number of imide groups is 1. The van der Waals surface area contributed by atoms with Crippen LogP contribution in [0.15, 0.2) is 48.5 Å². The molecule has 1 atom stereocenters. The lowest BCUT2D eigenvalue weighted by atomic mass is 10.1. The number of nitrogens with one attached hydrogen (secondary N) is 2. The Labute approximate surface area is 166 Å². The van der Waals surface area contributed by atoms with Gasteiger partial charge in [-0.25, -0.2) is 0 Å². The van der Waals surface area contributed by atoms with E-state index in [0.717, 1.165) is 17.3 Å². The van der Waals surface area contributed by atoms with Crippen molar-refractivity contribution in [2.75, 3.05) is 13.2 Å². The number of Topliss-reactive ketones (excluding diaryl/α,β-unsaturated/α-hetero) is 1. The number of amides is 2. The molecule has 0 bridgehead atoms. The minimum absolute atomic E-state index is 0.0978. The van der Waals surface area contributed by atoms with Gasteiger partial charge in [0.1, 0.15) is 11.5 Å². The van der Waals surface area contributed by atoms with Gasteiger partial charge in [0.25, 0.3) is 5.24 Å². The number of carbonyl (C=O) groups is 3. The molecule has 2 aromatic carbocycles. The average molecular weight is 400 g/mol. The van der Waals surface area contributed by atoms with Crippen molar-refractivity contribution in [3.8, 4) is 11.5 Å². The lowest BCUT2D eigenvalue weighted by Gasteiger charge is -2.09. The standard InChI is InChI=1S/C20H20N2O5S/c1-2-21-27-16-5-3-4-14(11-16)17(23)12-26-15-8-6-13(7-9-15)10-18-19(24)22-20(25)28-18/h3-9,11,18,21H,2,10,12H2,1H3,(H,22,24,25). The van der Waals surface area contributed by atoms with Gasteiger partial charge in [0, 0.05) is 12.1 Å². The fourth-order valence-corrected chi connectivity index (χ4v) is 3.44. The quantitative estimate of drug-likeness (QED) is 0.494. The summed E-state index contributed by atoms with van der Waals surface area (Å²) >= 11 is 1.00. The van der Waals surface area contributed by atoms with Gasteiger partial charge in [-0.1, -0.05) is 36.0 Å². The molecule has 1 unspecified atom stereocenters. The van der Waals surface area contributed by atoms with Crippen LogP contribution in [0.2, 0.25) is 0 Å². The van der Waals surface area contributed by atoms with E-state index >= 15 is 0 Å². The van der Waals surface area contributed by atoms with Crippen LogP contribution in [-0.4, -0.2) is 35.3 Å². The Hall–Kier alpha value is -2.84. The molecule has 0 radical (unpaired) electrons. The van der Waals surface area contributed by atoms with Crippen LogP contribution in [0.1, 0.15) is 22.8 Å². The number of ketones is 1. The second kappa shape index (κ2) is 9.38. The van der Waals surface area contributed by atoms with Crippen LogP contribution in [0.5, 0.6) is 11.5 Å². The fourth-order valence-electron chi connectivity index (χ4n) is 2.58. The first kappa shape index (κ1) is 19.9. The van der Waals surface area contributed by atoms with E-state index in [4.69, 9.17) is 9.57 Å². The largest absolute Gasteiger partial charge is 0.485 e. The molecule has 0 aromatic heterocycles. The SMILES string of the molecule is CCNOc1cccc(C(=O)COc2ccc(CC3SC(=O)NC3=O)cc2)c1. The van der Waals surface area contributed by atoms with Crippen LogP contribution in [-0.2, 0) is 11.2 Å². The minimum Gasteiger partial charge on any atom is -0.485 e. The summed E-state index contributed by atoms with van der Waals surface area (Å²) < 4.78 is 5.56. The molecule has 0 aliphatic carbocycles. The Morgan fingerprint density at radius 3 is 2.61 bits per heavy atom. The smallest absolute Gasteiger partial charge is 0.286 e. The van der Waals surface area contributed by atoms with Crippen LogP contribution in [0.4, 0.5) is 4.79 Å². The highest BCUT2D eigenvalue weighted by Crippen LogP contribution is 2.24. The van der Waals surface area contributed by atoms with Gasteiger partial charge in [-0.15, -0.1) is 0 Å². The Morgan fingerprint density at radius 1 is 1.14 bits per heavy atom. The van der Waals surface area contributed by atoms with Crippen LogP contribution in [0, 0.1) is 0 Å². The molecule has 1 aliphatic heterocycles. The van der Waals surface area contributed by atoms with E-state index in [1.54, 1.807) is 36.4 Å². The van der Waals surface area contributed by atoms with Gasteiger partial charge < -0.3 is 9.57 Å². The monoisotopic (exact) mass is 400 g/mol. The zero-order chi connectivity index (χ0) is 19.9. The van der Waals surface area contributed by atoms with Crippen molar-refractivity contribution in [2.24, 2.45) is 0 Å². The van der Waals surface area contributed by atoms with Crippen LogP contribution < -0.4 is 20.4 Å². The van der Waals surface area contributed by atoms with E-state index in [9.17, 15) is 14.4 Å². The van der Waals surface area contributed by atoms with Crippen molar-refractivity contribution in [3.05, 3.63) is 59.7 Å². The van der Waals surface area contributed by atoms with Gasteiger partial charge in [0.05, 0.1) is 5.25 Å². The Bertz CT molecular complexity index is 869. The highest BCUT2D eigenvalue weighted by atomic mass is 32.2. The molecule has 8 heteroatoms. The number of carbonyl (C=O) groups excluding carboxylic acids is 3. The Kier molecular flexibility index (Phi) is 6.67. The molecule has 1 heterocycles. The zero-order valence-corrected chi connectivity index (χ0v) is 16.1. The molecule has 1 aliphatic rings. The first-order valence-corrected chi connectivity index (χ1v) is 9.69. The molecule has 2 aromatic rings. The summed E-state index contributed by atoms with van der Waals surface area (Å²) in [4.78, 5) is 40.5. The molecular formula is C20H20N2O5S. The third kappa shape index (κ3) is 5.34. The summed E-state index contributed by atoms with van der Waals surface area (Å²) in [6.07, 6.45) is 0.458. The van der Waals surface area contributed by atoms with Crippen molar-refractivity contribution < 1.29 is 24.0 Å².